The smallest absolute Gasteiger partial charge is 0.399 e. The van der Waals surface area contributed by atoms with Gasteiger partial charge in [-0.2, -0.15) is 5.10 Å². The van der Waals surface area contributed by atoms with Crippen LogP contribution in [0.2, 0.25) is 0 Å². The second-order valence-electron chi connectivity index (χ2n) is 8.54. The van der Waals surface area contributed by atoms with E-state index in [0.29, 0.717) is 17.9 Å². The Morgan fingerprint density at radius 2 is 1.83 bits per heavy atom. The van der Waals surface area contributed by atoms with E-state index < -0.39 is 0 Å². The summed E-state index contributed by atoms with van der Waals surface area (Å²) in [6.45, 7) is 9.20. The summed E-state index contributed by atoms with van der Waals surface area (Å²) in [5.41, 5.74) is 7.48. The average molecular weight is 317 g/mol. The maximum atomic E-state index is 6.26. The van der Waals surface area contributed by atoms with E-state index in [1.54, 1.807) is 0 Å². The molecule has 0 bridgehead atoms. The van der Waals surface area contributed by atoms with Crippen LogP contribution in [0.5, 0.6) is 0 Å². The van der Waals surface area contributed by atoms with Gasteiger partial charge in [-0.15, -0.1) is 0 Å². The zero-order valence-electron chi connectivity index (χ0n) is 14.7. The topological polar surface area (TPSA) is 62.3 Å². The Hall–Kier alpha value is -0.845. The van der Waals surface area contributed by atoms with Gasteiger partial charge in [-0.1, -0.05) is 0 Å². The second kappa shape index (κ2) is 5.07. The Labute approximate surface area is 139 Å². The molecule has 1 aromatic heterocycles. The molecule has 2 heterocycles. The molecule has 3 aliphatic rings. The van der Waals surface area contributed by atoms with Crippen molar-refractivity contribution in [2.24, 2.45) is 11.7 Å². The van der Waals surface area contributed by atoms with Gasteiger partial charge in [-0.3, -0.25) is 4.68 Å². The summed E-state index contributed by atoms with van der Waals surface area (Å²) in [5, 5.41) is 4.92. The summed E-state index contributed by atoms with van der Waals surface area (Å²) < 4.78 is 14.7. The lowest BCUT2D eigenvalue weighted by molar-refractivity contribution is 0.00578. The van der Waals surface area contributed by atoms with Crippen LogP contribution >= 0.6 is 0 Å². The predicted molar refractivity (Wildman–Crippen MR) is 90.7 cm³/mol. The molecule has 126 valence electrons. The molecule has 0 spiro atoms. The zero-order chi connectivity index (χ0) is 16.4. The summed E-state index contributed by atoms with van der Waals surface area (Å²) >= 11 is 0. The average Bonchev–Trinajstić information content (AvgIpc) is 3.11. The van der Waals surface area contributed by atoms with E-state index in [4.69, 9.17) is 20.1 Å². The van der Waals surface area contributed by atoms with Gasteiger partial charge >= 0.3 is 7.12 Å². The molecule has 23 heavy (non-hydrogen) atoms. The van der Waals surface area contributed by atoms with Gasteiger partial charge in [0, 0.05) is 17.6 Å². The van der Waals surface area contributed by atoms with E-state index in [2.05, 4.69) is 38.6 Å². The van der Waals surface area contributed by atoms with Crippen molar-refractivity contribution in [3.63, 3.8) is 0 Å². The third-order valence-corrected chi connectivity index (χ3v) is 6.18. The lowest BCUT2D eigenvalue weighted by Crippen LogP contribution is -2.41. The quantitative estimate of drug-likeness (QED) is 0.863. The van der Waals surface area contributed by atoms with Crippen LogP contribution in [0.15, 0.2) is 6.20 Å². The molecule has 6 heteroatoms. The maximum absolute atomic E-state index is 6.26. The van der Waals surface area contributed by atoms with Gasteiger partial charge < -0.3 is 15.0 Å². The lowest BCUT2D eigenvalue weighted by Gasteiger charge is -2.34. The molecule has 1 saturated heterocycles. The highest BCUT2D eigenvalue weighted by Crippen LogP contribution is 2.42. The minimum Gasteiger partial charge on any atom is -0.399 e. The molecule has 0 amide bonds. The largest absolute Gasteiger partial charge is 0.498 e. The van der Waals surface area contributed by atoms with E-state index >= 15 is 0 Å². The monoisotopic (exact) mass is 317 g/mol. The predicted octanol–water partition coefficient (Wildman–Crippen LogP) is 1.97. The fourth-order valence-corrected chi connectivity index (χ4v) is 3.54. The van der Waals surface area contributed by atoms with E-state index in [1.165, 1.54) is 18.5 Å². The number of rotatable bonds is 4. The first kappa shape index (κ1) is 15.7. The maximum Gasteiger partial charge on any atom is 0.498 e. The van der Waals surface area contributed by atoms with Crippen molar-refractivity contribution < 1.29 is 9.31 Å². The van der Waals surface area contributed by atoms with E-state index in [-0.39, 0.29) is 18.3 Å². The van der Waals surface area contributed by atoms with Crippen LogP contribution in [-0.2, 0) is 9.31 Å². The van der Waals surface area contributed by atoms with Gasteiger partial charge in [0.2, 0.25) is 0 Å². The molecule has 1 aliphatic heterocycles. The van der Waals surface area contributed by atoms with Crippen LogP contribution in [0.25, 0.3) is 0 Å². The number of aromatic nitrogens is 2. The summed E-state index contributed by atoms with van der Waals surface area (Å²) in [6.07, 6.45) is 6.93. The number of hydrogen-bond donors (Lipinski definition) is 1. The molecule has 1 aromatic rings. The first-order valence-corrected chi connectivity index (χ1v) is 8.95. The van der Waals surface area contributed by atoms with Crippen molar-refractivity contribution in [1.29, 1.82) is 0 Å². The minimum atomic E-state index is -0.304. The summed E-state index contributed by atoms with van der Waals surface area (Å²) in [6, 6.07) is 0.497. The van der Waals surface area contributed by atoms with E-state index in [1.807, 2.05) is 0 Å². The third-order valence-electron chi connectivity index (χ3n) is 6.18. The molecular weight excluding hydrogens is 289 g/mol. The lowest BCUT2D eigenvalue weighted by atomic mass is 9.78. The normalized spacial score (nSPS) is 32.1. The molecule has 2 saturated carbocycles. The SMILES string of the molecule is CC1(C)OB(c2cn(C3CC(CN)C3)nc2C2CC2)OC1(C)C. The molecule has 4 rings (SSSR count). The van der Waals surface area contributed by atoms with Crippen LogP contribution in [0.4, 0.5) is 0 Å². The minimum absolute atomic E-state index is 0.297. The van der Waals surface area contributed by atoms with Gasteiger partial charge in [0.15, 0.2) is 0 Å². The molecule has 2 N–H and O–H groups in total. The highest BCUT2D eigenvalue weighted by molar-refractivity contribution is 6.62. The van der Waals surface area contributed by atoms with E-state index in [0.717, 1.165) is 24.8 Å². The van der Waals surface area contributed by atoms with Crippen molar-refractivity contribution >= 4 is 12.6 Å². The Morgan fingerprint density at radius 3 is 2.35 bits per heavy atom. The fourth-order valence-electron chi connectivity index (χ4n) is 3.54. The van der Waals surface area contributed by atoms with Gasteiger partial charge in [0.05, 0.1) is 22.9 Å². The molecular formula is C17H28BN3O2. The van der Waals surface area contributed by atoms with E-state index in [9.17, 15) is 0 Å². The molecule has 0 atom stereocenters. The summed E-state index contributed by atoms with van der Waals surface area (Å²) in [7, 11) is -0.297. The standard InChI is InChI=1S/C17H28BN3O2/c1-16(2)17(3,4)23-18(22-16)14-10-21(13-7-11(8-13)9-19)20-15(14)12-5-6-12/h10-13H,5-9,19H2,1-4H3. The Morgan fingerprint density at radius 1 is 1.22 bits per heavy atom. The van der Waals surface area contributed by atoms with Crippen molar-refractivity contribution in [1.82, 2.24) is 9.78 Å². The van der Waals surface area contributed by atoms with Crippen LogP contribution in [0, 0.1) is 5.92 Å². The van der Waals surface area contributed by atoms with Gasteiger partial charge in [-0.25, -0.2) is 0 Å². The van der Waals surface area contributed by atoms with Crippen molar-refractivity contribution in [3.8, 4) is 0 Å². The molecule has 2 aliphatic carbocycles. The second-order valence-corrected chi connectivity index (χ2v) is 8.54. The molecule has 0 radical (unpaired) electrons. The first-order valence-electron chi connectivity index (χ1n) is 8.95. The van der Waals surface area contributed by atoms with Crippen LogP contribution in [0.1, 0.15) is 71.0 Å². The van der Waals surface area contributed by atoms with Crippen molar-refractivity contribution in [3.05, 3.63) is 11.9 Å². The number of nitrogens with zero attached hydrogens (tertiary/aromatic N) is 2. The Balaban J connectivity index is 1.60. The summed E-state index contributed by atoms with van der Waals surface area (Å²) in [5.74, 6) is 1.25. The number of nitrogens with two attached hydrogens (primary N) is 1. The Bertz CT molecular complexity index is 587. The van der Waals surface area contributed by atoms with Crippen LogP contribution < -0.4 is 11.2 Å². The van der Waals surface area contributed by atoms with Crippen LogP contribution in [-0.4, -0.2) is 34.6 Å². The van der Waals surface area contributed by atoms with Gasteiger partial charge in [0.25, 0.3) is 0 Å². The first-order chi connectivity index (χ1) is 10.8. The molecule has 0 unspecified atom stereocenters. The van der Waals surface area contributed by atoms with Crippen LogP contribution in [0.3, 0.4) is 0 Å². The molecule has 3 fully saturated rings. The van der Waals surface area contributed by atoms with Crippen molar-refractivity contribution in [2.75, 3.05) is 6.54 Å². The Kier molecular flexibility index (Phi) is 3.46. The third kappa shape index (κ3) is 2.55. The summed E-state index contributed by atoms with van der Waals surface area (Å²) in [4.78, 5) is 0. The molecule has 5 nitrogen and oxygen atoms in total. The fraction of sp³-hybridized carbons (Fsp3) is 0.824. The van der Waals surface area contributed by atoms with Crippen molar-refractivity contribution in [2.45, 2.75) is 76.5 Å². The number of hydrogen-bond acceptors (Lipinski definition) is 4. The molecule has 0 aromatic carbocycles. The highest BCUT2D eigenvalue weighted by atomic mass is 16.7. The van der Waals surface area contributed by atoms with Gasteiger partial charge in [-0.05, 0) is 65.8 Å². The van der Waals surface area contributed by atoms with Gasteiger partial charge in [0.1, 0.15) is 0 Å². The highest BCUT2D eigenvalue weighted by Gasteiger charge is 2.53. The zero-order valence-corrected chi connectivity index (χ0v) is 14.7.